The molecule has 1 atom stereocenters. The number of benzene rings is 1. The van der Waals surface area contributed by atoms with E-state index >= 15 is 0 Å². The second-order valence-electron chi connectivity index (χ2n) is 6.06. The Bertz CT molecular complexity index is 671. The summed E-state index contributed by atoms with van der Waals surface area (Å²) in [4.78, 5) is 18.2. The van der Waals surface area contributed by atoms with Crippen LogP contribution in [0.15, 0.2) is 60.9 Å². The molecule has 4 heteroatoms. The zero-order valence-electron chi connectivity index (χ0n) is 13.7. The van der Waals surface area contributed by atoms with Crippen LogP contribution in [0.3, 0.4) is 0 Å². The van der Waals surface area contributed by atoms with E-state index in [9.17, 15) is 4.79 Å². The Kier molecular flexibility index (Phi) is 5.75. The van der Waals surface area contributed by atoms with Crippen LogP contribution in [0.25, 0.3) is 6.08 Å². The fourth-order valence-corrected chi connectivity index (χ4v) is 2.83. The van der Waals surface area contributed by atoms with Gasteiger partial charge in [-0.15, -0.1) is 0 Å². The summed E-state index contributed by atoms with van der Waals surface area (Å²) in [6.45, 7) is 2.90. The molecule has 24 heavy (non-hydrogen) atoms. The highest BCUT2D eigenvalue weighted by Crippen LogP contribution is 2.18. The van der Waals surface area contributed by atoms with Crippen molar-refractivity contribution in [3.63, 3.8) is 0 Å². The van der Waals surface area contributed by atoms with E-state index in [0.29, 0.717) is 19.1 Å². The van der Waals surface area contributed by atoms with Gasteiger partial charge in [0.2, 0.25) is 5.91 Å². The molecule has 2 aromatic rings. The molecule has 0 N–H and O–H groups in total. The van der Waals surface area contributed by atoms with Crippen LogP contribution < -0.4 is 0 Å². The van der Waals surface area contributed by atoms with E-state index in [2.05, 4.69) is 17.1 Å². The maximum atomic E-state index is 12.2. The molecular formula is C20H22N2O2. The number of carbonyl (C=O) groups excluding carboxylic acids is 1. The number of ether oxygens (including phenoxy) is 1. The summed E-state index contributed by atoms with van der Waals surface area (Å²) < 4.78 is 5.80. The number of pyridine rings is 1. The molecule has 0 aliphatic carbocycles. The number of nitrogens with zero attached hydrogens (tertiary/aromatic N) is 2. The minimum absolute atomic E-state index is 0.0596. The van der Waals surface area contributed by atoms with Gasteiger partial charge in [-0.2, -0.15) is 0 Å². The first-order valence-electron chi connectivity index (χ1n) is 8.30. The third-order valence-corrected chi connectivity index (χ3v) is 4.17. The molecule has 1 aromatic carbocycles. The van der Waals surface area contributed by atoms with E-state index in [1.54, 1.807) is 18.5 Å². The van der Waals surface area contributed by atoms with Crippen LogP contribution in [-0.2, 0) is 16.1 Å². The first kappa shape index (κ1) is 16.4. The van der Waals surface area contributed by atoms with Crippen molar-refractivity contribution in [3.05, 3.63) is 72.1 Å². The first-order chi connectivity index (χ1) is 11.8. The average molecular weight is 322 g/mol. The molecule has 1 aliphatic heterocycles. The SMILES string of the molecule is O=C(/C=C\c1cccnc1)N1CC[C@H](COCc2ccccc2)C1. The largest absolute Gasteiger partial charge is 0.376 e. The van der Waals surface area contributed by atoms with Crippen molar-refractivity contribution in [1.29, 1.82) is 0 Å². The molecule has 0 spiro atoms. The number of aromatic nitrogens is 1. The second kappa shape index (κ2) is 8.41. The van der Waals surface area contributed by atoms with Crippen LogP contribution in [0.5, 0.6) is 0 Å². The van der Waals surface area contributed by atoms with Crippen molar-refractivity contribution < 1.29 is 9.53 Å². The van der Waals surface area contributed by atoms with Crippen molar-refractivity contribution in [3.8, 4) is 0 Å². The van der Waals surface area contributed by atoms with Gasteiger partial charge in [-0.25, -0.2) is 0 Å². The predicted molar refractivity (Wildman–Crippen MR) is 94.1 cm³/mol. The topological polar surface area (TPSA) is 42.4 Å². The van der Waals surface area contributed by atoms with Crippen molar-refractivity contribution in [2.24, 2.45) is 5.92 Å². The Balaban J connectivity index is 1.41. The summed E-state index contributed by atoms with van der Waals surface area (Å²) in [7, 11) is 0. The van der Waals surface area contributed by atoms with E-state index in [4.69, 9.17) is 4.74 Å². The van der Waals surface area contributed by atoms with Gasteiger partial charge >= 0.3 is 0 Å². The van der Waals surface area contributed by atoms with Gasteiger partial charge in [0.05, 0.1) is 13.2 Å². The quantitative estimate of drug-likeness (QED) is 0.767. The van der Waals surface area contributed by atoms with E-state index < -0.39 is 0 Å². The predicted octanol–water partition coefficient (Wildman–Crippen LogP) is 3.16. The van der Waals surface area contributed by atoms with Crippen LogP contribution in [0, 0.1) is 5.92 Å². The maximum absolute atomic E-state index is 12.2. The molecule has 1 fully saturated rings. The highest BCUT2D eigenvalue weighted by atomic mass is 16.5. The zero-order chi connectivity index (χ0) is 16.6. The van der Waals surface area contributed by atoms with Crippen LogP contribution in [0.2, 0.25) is 0 Å². The lowest BCUT2D eigenvalue weighted by molar-refractivity contribution is -0.125. The Morgan fingerprint density at radius 1 is 1.25 bits per heavy atom. The molecule has 2 heterocycles. The molecule has 1 saturated heterocycles. The molecule has 0 saturated carbocycles. The third-order valence-electron chi connectivity index (χ3n) is 4.17. The maximum Gasteiger partial charge on any atom is 0.246 e. The van der Waals surface area contributed by atoms with Crippen molar-refractivity contribution in [2.45, 2.75) is 13.0 Å². The summed E-state index contributed by atoms with van der Waals surface area (Å²) in [6.07, 6.45) is 7.91. The molecular weight excluding hydrogens is 300 g/mol. The fraction of sp³-hybridized carbons (Fsp3) is 0.300. The Morgan fingerprint density at radius 2 is 2.12 bits per heavy atom. The molecule has 0 bridgehead atoms. The van der Waals surface area contributed by atoms with Gasteiger partial charge < -0.3 is 9.64 Å². The minimum atomic E-state index is 0.0596. The van der Waals surface area contributed by atoms with E-state index in [0.717, 1.165) is 25.1 Å². The summed E-state index contributed by atoms with van der Waals surface area (Å²) in [5.41, 5.74) is 2.12. The summed E-state index contributed by atoms with van der Waals surface area (Å²) in [6, 6.07) is 14.0. The molecule has 1 aliphatic rings. The number of amides is 1. The molecule has 4 nitrogen and oxygen atoms in total. The summed E-state index contributed by atoms with van der Waals surface area (Å²) >= 11 is 0. The number of rotatable bonds is 6. The van der Waals surface area contributed by atoms with Crippen molar-refractivity contribution in [2.75, 3.05) is 19.7 Å². The van der Waals surface area contributed by atoms with Crippen LogP contribution in [0.4, 0.5) is 0 Å². The minimum Gasteiger partial charge on any atom is -0.376 e. The van der Waals surface area contributed by atoms with Crippen LogP contribution >= 0.6 is 0 Å². The van der Waals surface area contributed by atoms with E-state index in [-0.39, 0.29) is 5.91 Å². The monoisotopic (exact) mass is 322 g/mol. The molecule has 3 rings (SSSR count). The fourth-order valence-electron chi connectivity index (χ4n) is 2.83. The van der Waals surface area contributed by atoms with Crippen molar-refractivity contribution >= 4 is 12.0 Å². The van der Waals surface area contributed by atoms with Gasteiger partial charge in [-0.3, -0.25) is 9.78 Å². The van der Waals surface area contributed by atoms with Crippen LogP contribution in [0.1, 0.15) is 17.5 Å². The molecule has 1 aromatic heterocycles. The van der Waals surface area contributed by atoms with Gasteiger partial charge in [0.25, 0.3) is 0 Å². The lowest BCUT2D eigenvalue weighted by atomic mass is 10.1. The van der Waals surface area contributed by atoms with Gasteiger partial charge in [-0.05, 0) is 29.7 Å². The molecule has 124 valence electrons. The highest BCUT2D eigenvalue weighted by molar-refractivity contribution is 5.91. The highest BCUT2D eigenvalue weighted by Gasteiger charge is 2.25. The second-order valence-corrected chi connectivity index (χ2v) is 6.06. The molecule has 0 radical (unpaired) electrons. The van der Waals surface area contributed by atoms with Gasteiger partial charge in [-0.1, -0.05) is 36.4 Å². The normalized spacial score (nSPS) is 17.5. The number of hydrogen-bond acceptors (Lipinski definition) is 3. The lowest BCUT2D eigenvalue weighted by Crippen LogP contribution is -2.27. The zero-order valence-corrected chi connectivity index (χ0v) is 13.7. The number of hydrogen-bond donors (Lipinski definition) is 0. The standard InChI is InChI=1S/C20H22N2O2/c23-20(9-8-17-7-4-11-21-13-17)22-12-10-19(14-22)16-24-15-18-5-2-1-3-6-18/h1-9,11,13,19H,10,12,14-16H2/b9-8-/t19-/m0/s1. The Hall–Kier alpha value is -2.46. The van der Waals surface area contributed by atoms with Crippen LogP contribution in [-0.4, -0.2) is 35.5 Å². The van der Waals surface area contributed by atoms with Gasteiger partial charge in [0.1, 0.15) is 0 Å². The number of carbonyl (C=O) groups is 1. The van der Waals surface area contributed by atoms with E-state index in [1.807, 2.05) is 41.3 Å². The lowest BCUT2D eigenvalue weighted by Gasteiger charge is -2.14. The Labute approximate surface area is 142 Å². The van der Waals surface area contributed by atoms with Gasteiger partial charge in [0.15, 0.2) is 0 Å². The number of likely N-dealkylation sites (tertiary alicyclic amines) is 1. The molecule has 0 unspecified atom stereocenters. The van der Waals surface area contributed by atoms with Gasteiger partial charge in [0, 0.05) is 37.5 Å². The average Bonchev–Trinajstić information content (AvgIpc) is 3.10. The summed E-state index contributed by atoms with van der Waals surface area (Å²) in [5.74, 6) is 0.480. The smallest absolute Gasteiger partial charge is 0.246 e. The Morgan fingerprint density at radius 3 is 2.92 bits per heavy atom. The summed E-state index contributed by atoms with van der Waals surface area (Å²) in [5, 5.41) is 0. The van der Waals surface area contributed by atoms with E-state index in [1.165, 1.54) is 5.56 Å². The van der Waals surface area contributed by atoms with Crippen molar-refractivity contribution in [1.82, 2.24) is 9.88 Å². The first-order valence-corrected chi connectivity index (χ1v) is 8.30. The third kappa shape index (κ3) is 4.77. The molecule has 1 amide bonds.